The molecule has 0 radical (unpaired) electrons. The maximum Gasteiger partial charge on any atom is 0.337 e. The van der Waals surface area contributed by atoms with Crippen LogP contribution < -0.4 is 9.47 Å². The van der Waals surface area contributed by atoms with Crippen LogP contribution in [0.5, 0.6) is 11.5 Å². The highest BCUT2D eigenvalue weighted by molar-refractivity contribution is 5.90. The van der Waals surface area contributed by atoms with Crippen molar-refractivity contribution in [3.63, 3.8) is 0 Å². The molecule has 1 aromatic carbocycles. The van der Waals surface area contributed by atoms with Crippen LogP contribution >= 0.6 is 0 Å². The van der Waals surface area contributed by atoms with Crippen molar-refractivity contribution in [3.05, 3.63) is 23.8 Å². The van der Waals surface area contributed by atoms with Crippen molar-refractivity contribution in [2.75, 3.05) is 14.2 Å². The van der Waals surface area contributed by atoms with Crippen LogP contribution in [0.25, 0.3) is 0 Å². The fraction of sp³-hybridized carbons (Fsp3) is 0.533. The summed E-state index contributed by atoms with van der Waals surface area (Å²) in [5, 5.41) is 0. The van der Waals surface area contributed by atoms with Crippen molar-refractivity contribution in [2.24, 2.45) is 0 Å². The van der Waals surface area contributed by atoms with Crippen molar-refractivity contribution in [3.8, 4) is 11.5 Å². The molecule has 2 rings (SSSR count). The van der Waals surface area contributed by atoms with Crippen LogP contribution in [0.1, 0.15) is 43.5 Å². The summed E-state index contributed by atoms with van der Waals surface area (Å²) in [5.41, 5.74) is 0.463. The zero-order valence-corrected chi connectivity index (χ0v) is 12.1. The number of hydrogen-bond acceptors (Lipinski definition) is 4. The Labute approximate surface area is 114 Å². The van der Waals surface area contributed by atoms with Gasteiger partial charge in [0.1, 0.15) is 0 Å². The summed E-state index contributed by atoms with van der Waals surface area (Å²) in [7, 11) is 2.91. The molecule has 19 heavy (non-hydrogen) atoms. The monoisotopic (exact) mass is 266 g/mol. The molecule has 0 amide bonds. The second kappa shape index (κ2) is 7.67. The molecule has 0 aromatic heterocycles. The van der Waals surface area contributed by atoms with Crippen LogP contribution in [0, 0.1) is 0 Å². The number of methoxy groups -OCH3 is 2. The van der Waals surface area contributed by atoms with E-state index in [9.17, 15) is 4.79 Å². The molecule has 1 fully saturated rings. The third-order valence-corrected chi connectivity index (χ3v) is 2.93. The van der Waals surface area contributed by atoms with Gasteiger partial charge in [-0.25, -0.2) is 4.79 Å². The number of ether oxygens (including phenoxy) is 3. The zero-order valence-electron chi connectivity index (χ0n) is 12.1. The van der Waals surface area contributed by atoms with E-state index in [2.05, 4.69) is 4.74 Å². The Morgan fingerprint density at radius 3 is 2.32 bits per heavy atom. The Hall–Kier alpha value is -1.71. The maximum atomic E-state index is 11.4. The van der Waals surface area contributed by atoms with E-state index in [0.29, 0.717) is 17.1 Å². The van der Waals surface area contributed by atoms with Crippen LogP contribution in [0.2, 0.25) is 0 Å². The predicted octanol–water partition coefficient (Wildman–Crippen LogP) is 3.44. The first-order chi connectivity index (χ1) is 9.24. The third-order valence-electron chi connectivity index (χ3n) is 2.93. The summed E-state index contributed by atoms with van der Waals surface area (Å²) in [4.78, 5) is 11.4. The summed E-state index contributed by atoms with van der Waals surface area (Å²) in [6.45, 7) is 4.00. The SMILES string of the molecule is CC.COC(=O)c1ccc(OC2CCC2)c(OC)c1. The summed E-state index contributed by atoms with van der Waals surface area (Å²) in [6, 6.07) is 5.07. The summed E-state index contributed by atoms with van der Waals surface area (Å²) >= 11 is 0. The average Bonchev–Trinajstić information content (AvgIpc) is 2.44. The molecule has 4 nitrogen and oxygen atoms in total. The molecule has 0 saturated heterocycles. The van der Waals surface area contributed by atoms with Crippen molar-refractivity contribution in [2.45, 2.75) is 39.2 Å². The lowest BCUT2D eigenvalue weighted by Crippen LogP contribution is -2.24. The molecule has 0 atom stereocenters. The number of hydrogen-bond donors (Lipinski definition) is 0. The van der Waals surface area contributed by atoms with E-state index in [4.69, 9.17) is 9.47 Å². The van der Waals surface area contributed by atoms with Crippen LogP contribution in [0.3, 0.4) is 0 Å². The van der Waals surface area contributed by atoms with Gasteiger partial charge >= 0.3 is 5.97 Å². The molecular weight excluding hydrogens is 244 g/mol. The Morgan fingerprint density at radius 2 is 1.84 bits per heavy atom. The van der Waals surface area contributed by atoms with E-state index in [0.717, 1.165) is 12.8 Å². The number of benzene rings is 1. The highest BCUT2D eigenvalue weighted by Gasteiger charge is 2.21. The second-order valence-corrected chi connectivity index (χ2v) is 4.03. The molecule has 0 N–H and O–H groups in total. The Balaban J connectivity index is 0.000000861. The molecule has 106 valence electrons. The topological polar surface area (TPSA) is 44.8 Å². The first kappa shape index (κ1) is 15.3. The molecule has 0 unspecified atom stereocenters. The first-order valence-electron chi connectivity index (χ1n) is 6.67. The van der Waals surface area contributed by atoms with Crippen LogP contribution in [0.15, 0.2) is 18.2 Å². The van der Waals surface area contributed by atoms with E-state index in [1.807, 2.05) is 13.8 Å². The average molecular weight is 266 g/mol. The minimum atomic E-state index is -0.376. The summed E-state index contributed by atoms with van der Waals surface area (Å²) in [5.74, 6) is 0.878. The minimum Gasteiger partial charge on any atom is -0.493 e. The van der Waals surface area contributed by atoms with E-state index >= 15 is 0 Å². The van der Waals surface area contributed by atoms with Crippen molar-refractivity contribution in [1.29, 1.82) is 0 Å². The number of esters is 1. The standard InChI is InChI=1S/C13H16O4.C2H6/c1-15-12-8-9(13(14)16-2)6-7-11(12)17-10-4-3-5-10;1-2/h6-8,10H,3-5H2,1-2H3;1-2H3. The number of carbonyl (C=O) groups is 1. The van der Waals surface area contributed by atoms with Crippen molar-refractivity contribution < 1.29 is 19.0 Å². The van der Waals surface area contributed by atoms with Gasteiger partial charge in [-0.05, 0) is 37.5 Å². The van der Waals surface area contributed by atoms with Gasteiger partial charge in [-0.15, -0.1) is 0 Å². The smallest absolute Gasteiger partial charge is 0.337 e. The predicted molar refractivity (Wildman–Crippen MR) is 73.9 cm³/mol. The van der Waals surface area contributed by atoms with Gasteiger partial charge in [0, 0.05) is 0 Å². The van der Waals surface area contributed by atoms with Gasteiger partial charge in [0.2, 0.25) is 0 Å². The highest BCUT2D eigenvalue weighted by Crippen LogP contribution is 2.33. The molecule has 0 aliphatic heterocycles. The van der Waals surface area contributed by atoms with Crippen LogP contribution in [0.4, 0.5) is 0 Å². The molecule has 1 aliphatic carbocycles. The van der Waals surface area contributed by atoms with Gasteiger partial charge in [-0.2, -0.15) is 0 Å². The van der Waals surface area contributed by atoms with E-state index in [-0.39, 0.29) is 12.1 Å². The fourth-order valence-corrected chi connectivity index (χ4v) is 1.68. The molecule has 1 aromatic rings. The third kappa shape index (κ3) is 3.88. The summed E-state index contributed by atoms with van der Waals surface area (Å²) < 4.78 is 15.6. The molecule has 1 aliphatic rings. The van der Waals surface area contributed by atoms with Crippen LogP contribution in [-0.2, 0) is 4.74 Å². The second-order valence-electron chi connectivity index (χ2n) is 4.03. The quantitative estimate of drug-likeness (QED) is 0.783. The van der Waals surface area contributed by atoms with Crippen LogP contribution in [-0.4, -0.2) is 26.3 Å². The molecule has 0 spiro atoms. The summed E-state index contributed by atoms with van der Waals surface area (Å²) in [6.07, 6.45) is 3.67. The number of carbonyl (C=O) groups excluding carboxylic acids is 1. The molecule has 4 heteroatoms. The van der Waals surface area contributed by atoms with Gasteiger partial charge in [-0.1, -0.05) is 13.8 Å². The normalized spacial score (nSPS) is 13.7. The van der Waals surface area contributed by atoms with E-state index in [1.54, 1.807) is 25.3 Å². The largest absolute Gasteiger partial charge is 0.493 e. The first-order valence-corrected chi connectivity index (χ1v) is 6.67. The van der Waals surface area contributed by atoms with Gasteiger partial charge in [0.25, 0.3) is 0 Å². The zero-order chi connectivity index (χ0) is 14.3. The molecule has 0 heterocycles. The molecule has 1 saturated carbocycles. The van der Waals surface area contributed by atoms with Gasteiger partial charge in [-0.3, -0.25) is 0 Å². The highest BCUT2D eigenvalue weighted by atomic mass is 16.5. The lowest BCUT2D eigenvalue weighted by molar-refractivity contribution is 0.0600. The lowest BCUT2D eigenvalue weighted by atomic mass is 9.96. The van der Waals surface area contributed by atoms with Crippen molar-refractivity contribution in [1.82, 2.24) is 0 Å². The fourth-order valence-electron chi connectivity index (χ4n) is 1.68. The van der Waals surface area contributed by atoms with Gasteiger partial charge in [0.05, 0.1) is 25.9 Å². The van der Waals surface area contributed by atoms with Crippen molar-refractivity contribution >= 4 is 5.97 Å². The Morgan fingerprint density at radius 1 is 1.16 bits per heavy atom. The molecule has 0 bridgehead atoms. The van der Waals surface area contributed by atoms with Gasteiger partial charge in [0.15, 0.2) is 11.5 Å². The van der Waals surface area contributed by atoms with Gasteiger partial charge < -0.3 is 14.2 Å². The maximum absolute atomic E-state index is 11.4. The Bertz CT molecular complexity index is 411. The van der Waals surface area contributed by atoms with E-state index in [1.165, 1.54) is 13.5 Å². The number of rotatable bonds is 4. The van der Waals surface area contributed by atoms with E-state index < -0.39 is 0 Å². The lowest BCUT2D eigenvalue weighted by Gasteiger charge is -2.27. The molecular formula is C15H22O4. The minimum absolute atomic E-state index is 0.285. The Kier molecular flexibility index (Phi) is 6.19.